The van der Waals surface area contributed by atoms with E-state index in [0.717, 1.165) is 5.56 Å². The van der Waals surface area contributed by atoms with Gasteiger partial charge in [0.15, 0.2) is 5.69 Å². The number of carboxylic acid groups (broad SMARTS) is 1. The minimum atomic E-state index is -1.12. The van der Waals surface area contributed by atoms with E-state index >= 15 is 0 Å². The van der Waals surface area contributed by atoms with E-state index in [1.54, 1.807) is 41.3 Å². The molecule has 7 heteroatoms. The molecule has 2 heterocycles. The van der Waals surface area contributed by atoms with Crippen molar-refractivity contribution >= 4 is 17.6 Å². The zero-order chi connectivity index (χ0) is 15.5. The van der Waals surface area contributed by atoms with E-state index in [1.807, 2.05) is 12.1 Å². The molecule has 1 aromatic carbocycles. The van der Waals surface area contributed by atoms with Gasteiger partial charge in [0.25, 0.3) is 0 Å². The van der Waals surface area contributed by atoms with Crippen LogP contribution in [-0.4, -0.2) is 31.1 Å². The summed E-state index contributed by atoms with van der Waals surface area (Å²) < 4.78 is 1.55. The van der Waals surface area contributed by atoms with Gasteiger partial charge < -0.3 is 5.11 Å². The first-order valence-corrected chi connectivity index (χ1v) is 6.84. The fourth-order valence-electron chi connectivity index (χ4n) is 2.17. The summed E-state index contributed by atoms with van der Waals surface area (Å²) in [6, 6.07) is 10.8. The number of benzene rings is 1. The molecule has 0 fully saturated rings. The zero-order valence-corrected chi connectivity index (χ0v) is 12.1. The van der Waals surface area contributed by atoms with Crippen molar-refractivity contribution in [3.05, 3.63) is 65.1 Å². The van der Waals surface area contributed by atoms with Crippen molar-refractivity contribution < 1.29 is 9.90 Å². The van der Waals surface area contributed by atoms with Crippen LogP contribution in [-0.2, 0) is 6.54 Å². The van der Waals surface area contributed by atoms with Crippen LogP contribution in [0.5, 0.6) is 0 Å². The van der Waals surface area contributed by atoms with Gasteiger partial charge in [0.2, 0.25) is 0 Å². The number of hydrogen-bond donors (Lipinski definition) is 1. The van der Waals surface area contributed by atoms with Crippen molar-refractivity contribution in [1.82, 2.24) is 20.0 Å². The summed E-state index contributed by atoms with van der Waals surface area (Å²) >= 11 is 5.98. The zero-order valence-electron chi connectivity index (χ0n) is 11.3. The molecule has 2 aromatic heterocycles. The van der Waals surface area contributed by atoms with Gasteiger partial charge in [0.1, 0.15) is 5.69 Å². The predicted molar refractivity (Wildman–Crippen MR) is 80.8 cm³/mol. The molecule has 3 rings (SSSR count). The van der Waals surface area contributed by atoms with Crippen molar-refractivity contribution in [3.63, 3.8) is 0 Å². The van der Waals surface area contributed by atoms with Crippen LogP contribution in [0, 0.1) is 0 Å². The maximum absolute atomic E-state index is 11.4. The molecule has 0 spiro atoms. The van der Waals surface area contributed by atoms with Gasteiger partial charge in [-0.3, -0.25) is 4.98 Å². The number of rotatable bonds is 4. The molecule has 0 bridgehead atoms. The van der Waals surface area contributed by atoms with Gasteiger partial charge in [-0.05, 0) is 29.8 Å². The second-order valence-electron chi connectivity index (χ2n) is 4.62. The number of aromatic carboxylic acids is 1. The summed E-state index contributed by atoms with van der Waals surface area (Å²) in [5.74, 6) is -1.12. The third-order valence-electron chi connectivity index (χ3n) is 3.11. The summed E-state index contributed by atoms with van der Waals surface area (Å²) in [7, 11) is 0. The fourth-order valence-corrected chi connectivity index (χ4v) is 2.38. The minimum absolute atomic E-state index is 0.0896. The Balaban J connectivity index is 2.07. The molecular weight excluding hydrogens is 304 g/mol. The molecule has 0 saturated heterocycles. The molecule has 0 radical (unpaired) electrons. The molecule has 6 nitrogen and oxygen atoms in total. The third kappa shape index (κ3) is 2.82. The molecule has 3 aromatic rings. The first-order chi connectivity index (χ1) is 10.6. The summed E-state index contributed by atoms with van der Waals surface area (Å²) in [5, 5.41) is 17.6. The van der Waals surface area contributed by atoms with Crippen LogP contribution in [0.4, 0.5) is 0 Å². The van der Waals surface area contributed by atoms with Gasteiger partial charge in [-0.15, -0.1) is 5.10 Å². The lowest BCUT2D eigenvalue weighted by molar-refractivity contribution is 0.0691. The van der Waals surface area contributed by atoms with Crippen LogP contribution < -0.4 is 0 Å². The molecule has 1 N–H and O–H groups in total. The Morgan fingerprint density at radius 1 is 1.23 bits per heavy atom. The van der Waals surface area contributed by atoms with Crippen molar-refractivity contribution in [2.75, 3.05) is 0 Å². The van der Waals surface area contributed by atoms with Gasteiger partial charge in [0, 0.05) is 23.0 Å². The Kier molecular flexibility index (Phi) is 3.84. The first kappa shape index (κ1) is 14.2. The topological polar surface area (TPSA) is 80.9 Å². The second kappa shape index (κ2) is 5.95. The maximum atomic E-state index is 11.4. The standard InChI is InChI=1S/C15H11ClN4O2/c16-12-3-1-2-10(8-12)9-20-14(11-4-6-17-7-5-11)13(15(21)22)18-19-20/h1-8H,9H2,(H,21,22). The second-order valence-corrected chi connectivity index (χ2v) is 5.05. The average molecular weight is 315 g/mol. The quantitative estimate of drug-likeness (QED) is 0.800. The van der Waals surface area contributed by atoms with E-state index in [0.29, 0.717) is 22.8 Å². The Bertz CT molecular complexity index is 817. The molecular formula is C15H11ClN4O2. The average Bonchev–Trinajstić information content (AvgIpc) is 2.92. The van der Waals surface area contributed by atoms with Crippen LogP contribution >= 0.6 is 11.6 Å². The predicted octanol–water partition coefficient (Wildman–Crippen LogP) is 2.74. The number of pyridine rings is 1. The smallest absolute Gasteiger partial charge is 0.358 e. The number of carbonyl (C=O) groups is 1. The van der Waals surface area contributed by atoms with Gasteiger partial charge in [-0.2, -0.15) is 0 Å². The van der Waals surface area contributed by atoms with Crippen molar-refractivity contribution in [2.45, 2.75) is 6.54 Å². The molecule has 0 atom stereocenters. The Labute approximate surface area is 131 Å². The minimum Gasteiger partial charge on any atom is -0.476 e. The normalized spacial score (nSPS) is 10.6. The third-order valence-corrected chi connectivity index (χ3v) is 3.35. The number of aromatic nitrogens is 4. The number of carboxylic acids is 1. The fraction of sp³-hybridized carbons (Fsp3) is 0.0667. The van der Waals surface area contributed by atoms with E-state index in [1.165, 1.54) is 0 Å². The molecule has 0 aliphatic heterocycles. The lowest BCUT2D eigenvalue weighted by Gasteiger charge is -2.07. The largest absolute Gasteiger partial charge is 0.476 e. The van der Waals surface area contributed by atoms with E-state index in [9.17, 15) is 9.90 Å². The highest BCUT2D eigenvalue weighted by molar-refractivity contribution is 6.30. The van der Waals surface area contributed by atoms with E-state index in [-0.39, 0.29) is 5.69 Å². The highest BCUT2D eigenvalue weighted by Crippen LogP contribution is 2.23. The van der Waals surface area contributed by atoms with Gasteiger partial charge in [-0.1, -0.05) is 28.9 Å². The molecule has 0 saturated carbocycles. The number of halogens is 1. The number of nitrogens with zero attached hydrogens (tertiary/aromatic N) is 4. The van der Waals surface area contributed by atoms with Crippen molar-refractivity contribution in [2.24, 2.45) is 0 Å². The van der Waals surface area contributed by atoms with E-state index < -0.39 is 5.97 Å². The van der Waals surface area contributed by atoms with Crippen LogP contribution in [0.15, 0.2) is 48.8 Å². The molecule has 0 aliphatic carbocycles. The van der Waals surface area contributed by atoms with Crippen molar-refractivity contribution in [1.29, 1.82) is 0 Å². The highest BCUT2D eigenvalue weighted by Gasteiger charge is 2.20. The van der Waals surface area contributed by atoms with E-state index in [4.69, 9.17) is 11.6 Å². The lowest BCUT2D eigenvalue weighted by atomic mass is 10.1. The Morgan fingerprint density at radius 2 is 2.00 bits per heavy atom. The summed E-state index contributed by atoms with van der Waals surface area (Å²) in [4.78, 5) is 15.3. The Hall–Kier alpha value is -2.73. The maximum Gasteiger partial charge on any atom is 0.358 e. The Morgan fingerprint density at radius 3 is 2.68 bits per heavy atom. The molecule has 22 heavy (non-hydrogen) atoms. The molecule has 0 amide bonds. The first-order valence-electron chi connectivity index (χ1n) is 6.47. The monoisotopic (exact) mass is 314 g/mol. The molecule has 0 aliphatic rings. The van der Waals surface area contributed by atoms with Crippen LogP contribution in [0.3, 0.4) is 0 Å². The summed E-state index contributed by atoms with van der Waals surface area (Å²) in [6.07, 6.45) is 3.19. The van der Waals surface area contributed by atoms with Crippen molar-refractivity contribution in [3.8, 4) is 11.3 Å². The van der Waals surface area contributed by atoms with Crippen LogP contribution in [0.25, 0.3) is 11.3 Å². The molecule has 0 unspecified atom stereocenters. The number of hydrogen-bond acceptors (Lipinski definition) is 4. The lowest BCUT2D eigenvalue weighted by Crippen LogP contribution is -2.06. The molecule has 110 valence electrons. The van der Waals surface area contributed by atoms with Crippen LogP contribution in [0.2, 0.25) is 5.02 Å². The summed E-state index contributed by atoms with van der Waals surface area (Å²) in [6.45, 7) is 0.374. The van der Waals surface area contributed by atoms with Crippen LogP contribution in [0.1, 0.15) is 16.1 Å². The SMILES string of the molecule is O=C(O)c1nnn(Cc2cccc(Cl)c2)c1-c1ccncc1. The van der Waals surface area contributed by atoms with Gasteiger partial charge >= 0.3 is 5.97 Å². The highest BCUT2D eigenvalue weighted by atomic mass is 35.5. The van der Waals surface area contributed by atoms with Gasteiger partial charge in [-0.25, -0.2) is 9.48 Å². The van der Waals surface area contributed by atoms with Gasteiger partial charge in [0.05, 0.1) is 6.54 Å². The van der Waals surface area contributed by atoms with E-state index in [2.05, 4.69) is 15.3 Å². The summed E-state index contributed by atoms with van der Waals surface area (Å²) in [5.41, 5.74) is 1.95.